The van der Waals surface area contributed by atoms with E-state index in [-0.39, 0.29) is 47.0 Å². The van der Waals surface area contributed by atoms with E-state index in [1.807, 2.05) is 0 Å². The SMILES string of the molecule is CN1C(=O)N(c2c(F)cc(NCCNCCO)cc2F)c2cc(C#N)cc(F)c2-c2cc(F)cnc21. The monoisotopic (exact) mass is 500 g/mol. The largest absolute Gasteiger partial charge is 0.395 e. The number of carbonyl (C=O) groups is 1. The summed E-state index contributed by atoms with van der Waals surface area (Å²) in [5, 5.41) is 23.9. The first-order chi connectivity index (χ1) is 17.3. The lowest BCUT2D eigenvalue weighted by atomic mass is 10.0. The minimum absolute atomic E-state index is 0.0577. The summed E-state index contributed by atoms with van der Waals surface area (Å²) in [6, 6.07) is 5.62. The van der Waals surface area contributed by atoms with Crippen LogP contribution in [-0.4, -0.2) is 49.4 Å². The molecule has 2 amide bonds. The van der Waals surface area contributed by atoms with Crippen LogP contribution in [0.2, 0.25) is 0 Å². The fourth-order valence-electron chi connectivity index (χ4n) is 3.92. The summed E-state index contributed by atoms with van der Waals surface area (Å²) in [4.78, 5) is 18.9. The number of urea groups is 1. The first-order valence-electron chi connectivity index (χ1n) is 10.8. The van der Waals surface area contributed by atoms with Crippen molar-refractivity contribution >= 4 is 28.9 Å². The molecule has 0 unspecified atom stereocenters. The first-order valence-corrected chi connectivity index (χ1v) is 10.8. The van der Waals surface area contributed by atoms with Crippen molar-refractivity contribution in [3.8, 4) is 17.2 Å². The molecule has 36 heavy (non-hydrogen) atoms. The summed E-state index contributed by atoms with van der Waals surface area (Å²) in [5.74, 6) is -4.23. The predicted molar refractivity (Wildman–Crippen MR) is 125 cm³/mol. The van der Waals surface area contributed by atoms with E-state index in [2.05, 4.69) is 15.6 Å². The van der Waals surface area contributed by atoms with Crippen molar-refractivity contribution in [3.63, 3.8) is 0 Å². The van der Waals surface area contributed by atoms with Crippen LogP contribution >= 0.6 is 0 Å². The maximum atomic E-state index is 15.4. The number of fused-ring (bicyclic) bond motifs is 3. The minimum Gasteiger partial charge on any atom is -0.395 e. The lowest BCUT2D eigenvalue weighted by Gasteiger charge is -2.27. The van der Waals surface area contributed by atoms with Crippen LogP contribution in [0.1, 0.15) is 5.56 Å². The standard InChI is InChI=1S/C24H20F4N6O2/c1-33-23-16(8-14(25)12-32-23)21-17(26)6-13(11-29)7-20(21)34(24(33)36)22-18(27)9-15(10-19(22)28)31-3-2-30-4-5-35/h6-10,12,30-31,35H,2-5H2,1H3. The number of aliphatic hydroxyl groups is 1. The van der Waals surface area contributed by atoms with Crippen LogP contribution in [0, 0.1) is 34.6 Å². The second-order valence-corrected chi connectivity index (χ2v) is 7.85. The van der Waals surface area contributed by atoms with Crippen molar-refractivity contribution in [1.82, 2.24) is 10.3 Å². The summed E-state index contributed by atoms with van der Waals surface area (Å²) in [6.07, 6.45) is 0.830. The number of aromatic nitrogens is 1. The van der Waals surface area contributed by atoms with Gasteiger partial charge in [-0.1, -0.05) is 0 Å². The van der Waals surface area contributed by atoms with E-state index in [1.54, 1.807) is 6.07 Å². The van der Waals surface area contributed by atoms with E-state index in [1.165, 1.54) is 7.05 Å². The zero-order valence-electron chi connectivity index (χ0n) is 18.9. The zero-order valence-corrected chi connectivity index (χ0v) is 18.9. The second-order valence-electron chi connectivity index (χ2n) is 7.85. The molecule has 0 spiro atoms. The summed E-state index contributed by atoms with van der Waals surface area (Å²) < 4.78 is 60.1. The highest BCUT2D eigenvalue weighted by Gasteiger charge is 2.37. The number of hydrogen-bond acceptors (Lipinski definition) is 6. The number of anilines is 4. The van der Waals surface area contributed by atoms with Crippen molar-refractivity contribution in [2.24, 2.45) is 0 Å². The fraction of sp³-hybridized carbons (Fsp3) is 0.208. The molecular formula is C24H20F4N6O2. The van der Waals surface area contributed by atoms with E-state index >= 15 is 13.2 Å². The van der Waals surface area contributed by atoms with Crippen LogP contribution in [0.5, 0.6) is 0 Å². The normalized spacial score (nSPS) is 12.6. The highest BCUT2D eigenvalue weighted by Crippen LogP contribution is 2.46. The average Bonchev–Trinajstić information content (AvgIpc) is 2.92. The summed E-state index contributed by atoms with van der Waals surface area (Å²) in [6.45, 7) is 0.996. The van der Waals surface area contributed by atoms with Gasteiger partial charge < -0.3 is 15.7 Å². The quantitative estimate of drug-likeness (QED) is 0.336. The Hall–Kier alpha value is -4.21. The number of pyridine rings is 1. The average molecular weight is 500 g/mol. The molecule has 0 fully saturated rings. The molecule has 1 aliphatic rings. The third-order valence-corrected chi connectivity index (χ3v) is 5.50. The second kappa shape index (κ2) is 10.2. The molecule has 1 aliphatic heterocycles. The van der Waals surface area contributed by atoms with E-state index in [4.69, 9.17) is 5.11 Å². The molecule has 8 nitrogen and oxygen atoms in total. The minimum atomic E-state index is -1.14. The van der Waals surface area contributed by atoms with Crippen LogP contribution < -0.4 is 20.4 Å². The van der Waals surface area contributed by atoms with Crippen molar-refractivity contribution in [2.45, 2.75) is 0 Å². The number of halogens is 4. The zero-order chi connectivity index (χ0) is 26.0. The van der Waals surface area contributed by atoms with Gasteiger partial charge in [0.2, 0.25) is 0 Å². The van der Waals surface area contributed by atoms with E-state index in [0.717, 1.165) is 41.4 Å². The van der Waals surface area contributed by atoms with Gasteiger partial charge in [0.15, 0.2) is 11.6 Å². The number of hydrogen-bond donors (Lipinski definition) is 3. The first kappa shape index (κ1) is 24.9. The van der Waals surface area contributed by atoms with Crippen LogP contribution in [-0.2, 0) is 0 Å². The predicted octanol–water partition coefficient (Wildman–Crippen LogP) is 3.88. The summed E-state index contributed by atoms with van der Waals surface area (Å²) in [5.41, 5.74) is -1.75. The van der Waals surface area contributed by atoms with Gasteiger partial charge >= 0.3 is 6.03 Å². The molecular weight excluding hydrogens is 480 g/mol. The van der Waals surface area contributed by atoms with Gasteiger partial charge in [0.1, 0.15) is 23.1 Å². The lowest BCUT2D eigenvalue weighted by molar-refractivity contribution is 0.254. The Morgan fingerprint density at radius 1 is 1.03 bits per heavy atom. The Kier molecular flexibility index (Phi) is 7.05. The van der Waals surface area contributed by atoms with Crippen LogP contribution in [0.15, 0.2) is 36.5 Å². The number of nitrogens with one attached hydrogen (secondary N) is 2. The molecule has 0 saturated heterocycles. The van der Waals surface area contributed by atoms with Crippen LogP contribution in [0.4, 0.5) is 45.2 Å². The third-order valence-electron chi connectivity index (χ3n) is 5.50. The smallest absolute Gasteiger partial charge is 0.334 e. The van der Waals surface area contributed by atoms with E-state index in [0.29, 0.717) is 18.0 Å². The Labute approximate surface area is 203 Å². The van der Waals surface area contributed by atoms with Gasteiger partial charge in [0.05, 0.1) is 30.1 Å². The van der Waals surface area contributed by atoms with Crippen molar-refractivity contribution in [2.75, 3.05) is 48.4 Å². The Bertz CT molecular complexity index is 1350. The molecule has 0 saturated carbocycles. The molecule has 0 radical (unpaired) electrons. The molecule has 2 heterocycles. The van der Waals surface area contributed by atoms with Crippen molar-refractivity contribution < 1.29 is 27.5 Å². The summed E-state index contributed by atoms with van der Waals surface area (Å²) >= 11 is 0. The molecule has 12 heteroatoms. The molecule has 4 rings (SSSR count). The number of nitriles is 1. The van der Waals surface area contributed by atoms with Gasteiger partial charge in [-0.15, -0.1) is 0 Å². The van der Waals surface area contributed by atoms with Crippen molar-refractivity contribution in [1.29, 1.82) is 5.26 Å². The van der Waals surface area contributed by atoms with E-state index in [9.17, 15) is 14.4 Å². The Morgan fingerprint density at radius 3 is 2.42 bits per heavy atom. The van der Waals surface area contributed by atoms with E-state index < -0.39 is 35.0 Å². The topological polar surface area (TPSA) is 105 Å². The van der Waals surface area contributed by atoms with Crippen LogP contribution in [0.25, 0.3) is 11.1 Å². The lowest BCUT2D eigenvalue weighted by Crippen LogP contribution is -2.39. The summed E-state index contributed by atoms with van der Waals surface area (Å²) in [7, 11) is 1.25. The van der Waals surface area contributed by atoms with Gasteiger partial charge in [-0.05, 0) is 30.3 Å². The van der Waals surface area contributed by atoms with Gasteiger partial charge in [-0.25, -0.2) is 27.3 Å². The maximum absolute atomic E-state index is 15.4. The molecule has 3 aromatic rings. The van der Waals surface area contributed by atoms with Gasteiger partial charge in [-0.2, -0.15) is 5.26 Å². The number of aliphatic hydroxyl groups excluding tert-OH is 1. The third kappa shape index (κ3) is 4.53. The molecule has 1 aromatic heterocycles. The molecule has 3 N–H and O–H groups in total. The number of amides is 2. The van der Waals surface area contributed by atoms with Crippen LogP contribution in [0.3, 0.4) is 0 Å². The van der Waals surface area contributed by atoms with Gasteiger partial charge in [0, 0.05) is 43.5 Å². The Morgan fingerprint density at radius 2 is 1.75 bits per heavy atom. The molecule has 2 aromatic carbocycles. The number of carbonyl (C=O) groups excluding carboxylic acids is 1. The van der Waals surface area contributed by atoms with Gasteiger partial charge in [0.25, 0.3) is 0 Å². The molecule has 0 atom stereocenters. The van der Waals surface area contributed by atoms with Gasteiger partial charge in [-0.3, -0.25) is 9.80 Å². The Balaban J connectivity index is 1.86. The number of rotatable bonds is 7. The van der Waals surface area contributed by atoms with Crippen molar-refractivity contribution in [3.05, 3.63) is 65.4 Å². The fourth-order valence-corrected chi connectivity index (χ4v) is 3.92. The maximum Gasteiger partial charge on any atom is 0.334 e. The number of nitrogens with zero attached hydrogens (tertiary/aromatic N) is 4. The number of benzene rings is 2. The molecule has 0 bridgehead atoms. The highest BCUT2D eigenvalue weighted by molar-refractivity contribution is 6.14. The molecule has 186 valence electrons. The highest BCUT2D eigenvalue weighted by atomic mass is 19.1. The molecule has 0 aliphatic carbocycles.